The first-order chi connectivity index (χ1) is 8.32. The molecule has 102 valence electrons. The Morgan fingerprint density at radius 1 is 1.50 bits per heavy atom. The normalized spacial score (nSPS) is 13.6. The third-order valence-electron chi connectivity index (χ3n) is 2.90. The van der Waals surface area contributed by atoms with Crippen LogP contribution in [0.1, 0.15) is 51.2 Å². The Bertz CT molecular complexity index is 393. The topological polar surface area (TPSA) is 39.2 Å². The monoisotopic (exact) mass is 269 g/mol. The number of carbonyl (C=O) groups is 1. The highest BCUT2D eigenvalue weighted by molar-refractivity contribution is 7.09. The van der Waals surface area contributed by atoms with E-state index in [9.17, 15) is 4.79 Å². The molecule has 0 saturated heterocycles. The van der Waals surface area contributed by atoms with Gasteiger partial charge in [0.15, 0.2) is 0 Å². The van der Waals surface area contributed by atoms with Crippen LogP contribution in [0.4, 0.5) is 0 Å². The molecule has 0 bridgehead atoms. The second-order valence-electron chi connectivity index (χ2n) is 5.68. The third-order valence-corrected chi connectivity index (χ3v) is 3.75. The summed E-state index contributed by atoms with van der Waals surface area (Å²) in [6, 6.07) is 0. The maximum atomic E-state index is 11.8. The molecule has 3 nitrogen and oxygen atoms in total. The molecule has 1 heterocycles. The Morgan fingerprint density at radius 3 is 2.67 bits per heavy atom. The van der Waals surface area contributed by atoms with Crippen molar-refractivity contribution in [2.24, 2.45) is 0 Å². The van der Waals surface area contributed by atoms with Crippen LogP contribution in [0.15, 0.2) is 5.38 Å². The van der Waals surface area contributed by atoms with E-state index in [1.807, 2.05) is 6.92 Å². The van der Waals surface area contributed by atoms with Gasteiger partial charge in [-0.2, -0.15) is 0 Å². The minimum atomic E-state index is 0.0579. The molecule has 0 saturated carbocycles. The number of Topliss-reactive ketones (excluding diaryl/α,β-unsaturated/α-hetero) is 1. The number of methoxy groups -OCH3 is 1. The summed E-state index contributed by atoms with van der Waals surface area (Å²) in [7, 11) is 1.67. The molecule has 0 amide bonds. The number of ketones is 1. The van der Waals surface area contributed by atoms with E-state index in [1.54, 1.807) is 18.4 Å². The Labute approximate surface area is 114 Å². The van der Waals surface area contributed by atoms with Crippen molar-refractivity contribution >= 4 is 17.1 Å². The van der Waals surface area contributed by atoms with E-state index in [0.29, 0.717) is 12.8 Å². The first-order valence-corrected chi connectivity index (χ1v) is 7.20. The molecule has 0 aliphatic carbocycles. The quantitative estimate of drug-likeness (QED) is 0.795. The van der Waals surface area contributed by atoms with E-state index in [1.165, 1.54) is 0 Å². The van der Waals surface area contributed by atoms with Crippen LogP contribution in [-0.4, -0.2) is 24.0 Å². The van der Waals surface area contributed by atoms with Gasteiger partial charge in [0, 0.05) is 24.3 Å². The first kappa shape index (κ1) is 15.3. The zero-order valence-corrected chi connectivity index (χ0v) is 12.8. The van der Waals surface area contributed by atoms with E-state index >= 15 is 0 Å². The molecular formula is C14H23NO2S. The van der Waals surface area contributed by atoms with Crippen molar-refractivity contribution in [3.63, 3.8) is 0 Å². The summed E-state index contributed by atoms with van der Waals surface area (Å²) in [6.07, 6.45) is 1.96. The summed E-state index contributed by atoms with van der Waals surface area (Å²) >= 11 is 1.58. The zero-order chi connectivity index (χ0) is 13.8. The maximum absolute atomic E-state index is 11.8. The lowest BCUT2D eigenvalue weighted by atomic mass is 9.93. The lowest BCUT2D eigenvalue weighted by molar-refractivity contribution is -0.119. The molecule has 4 heteroatoms. The van der Waals surface area contributed by atoms with Gasteiger partial charge in [-0.05, 0) is 13.3 Å². The second-order valence-corrected chi connectivity index (χ2v) is 6.62. The van der Waals surface area contributed by atoms with Gasteiger partial charge in [0.25, 0.3) is 0 Å². The smallest absolute Gasteiger partial charge is 0.139 e. The van der Waals surface area contributed by atoms with Gasteiger partial charge in [-0.3, -0.25) is 4.79 Å². The fourth-order valence-electron chi connectivity index (χ4n) is 1.48. The number of nitrogens with zero attached hydrogens (tertiary/aromatic N) is 1. The van der Waals surface area contributed by atoms with Crippen molar-refractivity contribution in [3.8, 4) is 0 Å². The van der Waals surface area contributed by atoms with Crippen molar-refractivity contribution in [1.29, 1.82) is 0 Å². The lowest BCUT2D eigenvalue weighted by Gasteiger charge is -2.14. The summed E-state index contributed by atoms with van der Waals surface area (Å²) in [5.41, 5.74) is 1.13. The van der Waals surface area contributed by atoms with Crippen molar-refractivity contribution in [2.45, 2.75) is 58.5 Å². The Morgan fingerprint density at radius 2 is 2.17 bits per heavy atom. The average molecular weight is 269 g/mol. The highest BCUT2D eigenvalue weighted by atomic mass is 32.1. The molecule has 0 aliphatic heterocycles. The fourth-order valence-corrected chi connectivity index (χ4v) is 2.53. The average Bonchev–Trinajstić information content (AvgIpc) is 2.74. The molecule has 1 rings (SSSR count). The van der Waals surface area contributed by atoms with Gasteiger partial charge in [0.2, 0.25) is 0 Å². The lowest BCUT2D eigenvalue weighted by Crippen LogP contribution is -2.12. The molecule has 0 radical (unpaired) electrons. The minimum absolute atomic E-state index is 0.0579. The number of hydrogen-bond acceptors (Lipinski definition) is 4. The van der Waals surface area contributed by atoms with Crippen LogP contribution in [0, 0.1) is 0 Å². The van der Waals surface area contributed by atoms with Gasteiger partial charge < -0.3 is 4.74 Å². The Kier molecular flexibility index (Phi) is 5.47. The van der Waals surface area contributed by atoms with Crippen LogP contribution in [0.3, 0.4) is 0 Å². The van der Waals surface area contributed by atoms with Crippen LogP contribution in [0.2, 0.25) is 0 Å². The summed E-state index contributed by atoms with van der Waals surface area (Å²) in [5, 5.41) is 2.98. The van der Waals surface area contributed by atoms with E-state index in [-0.39, 0.29) is 17.3 Å². The van der Waals surface area contributed by atoms with Gasteiger partial charge >= 0.3 is 0 Å². The highest BCUT2D eigenvalue weighted by Gasteiger charge is 2.18. The molecule has 1 aromatic rings. The SMILES string of the molecule is COC(C)CCC(=O)Cc1nc(C(C)(C)C)cs1. The molecule has 1 atom stereocenters. The van der Waals surface area contributed by atoms with E-state index < -0.39 is 0 Å². The van der Waals surface area contributed by atoms with Crippen LogP contribution in [0.5, 0.6) is 0 Å². The van der Waals surface area contributed by atoms with Crippen LogP contribution in [0.25, 0.3) is 0 Å². The molecule has 0 aliphatic rings. The van der Waals surface area contributed by atoms with E-state index in [0.717, 1.165) is 17.1 Å². The van der Waals surface area contributed by atoms with Gasteiger partial charge in [0.1, 0.15) is 10.8 Å². The van der Waals surface area contributed by atoms with E-state index in [2.05, 4.69) is 31.1 Å². The van der Waals surface area contributed by atoms with Crippen molar-refractivity contribution < 1.29 is 9.53 Å². The number of carbonyl (C=O) groups excluding carboxylic acids is 1. The van der Waals surface area contributed by atoms with Crippen molar-refractivity contribution in [3.05, 3.63) is 16.1 Å². The van der Waals surface area contributed by atoms with Crippen molar-refractivity contribution in [1.82, 2.24) is 4.98 Å². The van der Waals surface area contributed by atoms with Crippen LogP contribution < -0.4 is 0 Å². The van der Waals surface area contributed by atoms with Gasteiger partial charge in [-0.1, -0.05) is 20.8 Å². The molecule has 18 heavy (non-hydrogen) atoms. The first-order valence-electron chi connectivity index (χ1n) is 6.32. The summed E-state index contributed by atoms with van der Waals surface area (Å²) in [6.45, 7) is 8.38. The number of ether oxygens (including phenoxy) is 1. The minimum Gasteiger partial charge on any atom is -0.382 e. The highest BCUT2D eigenvalue weighted by Crippen LogP contribution is 2.24. The van der Waals surface area contributed by atoms with Gasteiger partial charge in [0.05, 0.1) is 18.2 Å². The number of hydrogen-bond donors (Lipinski definition) is 0. The van der Waals surface area contributed by atoms with Crippen molar-refractivity contribution in [2.75, 3.05) is 7.11 Å². The molecular weight excluding hydrogens is 246 g/mol. The summed E-state index contributed by atoms with van der Waals surface area (Å²) in [5.74, 6) is 0.244. The van der Waals surface area contributed by atoms with E-state index in [4.69, 9.17) is 4.74 Å². The number of aromatic nitrogens is 1. The molecule has 1 aromatic heterocycles. The molecule has 1 unspecified atom stereocenters. The molecule has 0 aromatic carbocycles. The van der Waals surface area contributed by atoms with Gasteiger partial charge in [-0.15, -0.1) is 11.3 Å². The zero-order valence-electron chi connectivity index (χ0n) is 11.9. The number of rotatable bonds is 6. The third kappa shape index (κ3) is 4.86. The summed E-state index contributed by atoms with van der Waals surface area (Å²) < 4.78 is 5.13. The molecule has 0 spiro atoms. The Hall–Kier alpha value is -0.740. The van der Waals surface area contributed by atoms with Gasteiger partial charge in [-0.25, -0.2) is 4.98 Å². The standard InChI is InChI=1S/C14H23NO2S/c1-10(17-5)6-7-11(16)8-13-15-12(9-18-13)14(2,3)4/h9-10H,6-8H2,1-5H3. The Balaban J connectivity index is 2.48. The fraction of sp³-hybridized carbons (Fsp3) is 0.714. The van der Waals surface area contributed by atoms with Crippen LogP contribution in [-0.2, 0) is 21.4 Å². The predicted octanol–water partition coefficient (Wildman–Crippen LogP) is 3.37. The predicted molar refractivity (Wildman–Crippen MR) is 75.2 cm³/mol. The van der Waals surface area contributed by atoms with Crippen LogP contribution >= 0.6 is 11.3 Å². The molecule has 0 N–H and O–H groups in total. The summed E-state index contributed by atoms with van der Waals surface area (Å²) in [4.78, 5) is 16.3. The second kappa shape index (κ2) is 6.43. The maximum Gasteiger partial charge on any atom is 0.139 e. The number of thiazole rings is 1. The molecule has 0 fully saturated rings. The largest absolute Gasteiger partial charge is 0.382 e.